The van der Waals surface area contributed by atoms with Gasteiger partial charge in [0, 0.05) is 0 Å². The minimum absolute atomic E-state index is 0.463. The first kappa shape index (κ1) is 52.0. The Labute approximate surface area is 411 Å². The third-order valence-electron chi connectivity index (χ3n) is 12.9. The van der Waals surface area contributed by atoms with Crippen LogP contribution in [-0.2, 0) is 0 Å². The first-order valence-electron chi connectivity index (χ1n) is 23.9. The van der Waals surface area contributed by atoms with Crippen molar-refractivity contribution in [1.82, 2.24) is 0 Å². The van der Waals surface area contributed by atoms with Gasteiger partial charge in [0.15, 0.2) is 0 Å². The molecule has 0 aliphatic rings. The Hall–Kier alpha value is -3.01. The van der Waals surface area contributed by atoms with Crippen LogP contribution in [0.5, 0.6) is 0 Å². The molecule has 64 heavy (non-hydrogen) atoms. The van der Waals surface area contributed by atoms with Gasteiger partial charge in [0.2, 0.25) is 0 Å². The Kier molecular flexibility index (Phi) is 18.8. The summed E-state index contributed by atoms with van der Waals surface area (Å²) in [6, 6.07) is 41.0. The van der Waals surface area contributed by atoms with E-state index >= 15 is 0 Å². The fourth-order valence-corrected chi connectivity index (χ4v) is 14.3. The van der Waals surface area contributed by atoms with Gasteiger partial charge >= 0.3 is 414 Å². The van der Waals surface area contributed by atoms with Crippen LogP contribution in [0.1, 0.15) is 203 Å². The minimum atomic E-state index is -0.800. The van der Waals surface area contributed by atoms with E-state index in [1.54, 1.807) is 0 Å². The molecule has 6 aromatic carbocycles. The van der Waals surface area contributed by atoms with Crippen LogP contribution in [0.25, 0.3) is 44.5 Å². The Bertz CT molecular complexity index is 2060. The Morgan fingerprint density at radius 2 is 0.391 bits per heavy atom. The second-order valence-corrected chi connectivity index (χ2v) is 25.0. The van der Waals surface area contributed by atoms with E-state index in [1.165, 1.54) is 97.8 Å². The van der Waals surface area contributed by atoms with E-state index in [2.05, 4.69) is 220 Å². The van der Waals surface area contributed by atoms with Crippen molar-refractivity contribution in [3.8, 4) is 44.5 Å². The molecule has 0 saturated heterocycles. The molecule has 0 bridgehead atoms. The zero-order valence-corrected chi connectivity index (χ0v) is 47.5. The van der Waals surface area contributed by atoms with E-state index < -0.39 is 29.0 Å². The molecule has 4 heteroatoms. The van der Waals surface area contributed by atoms with Crippen LogP contribution in [0.15, 0.2) is 109 Å². The van der Waals surface area contributed by atoms with Gasteiger partial charge in [-0.15, -0.1) is 0 Å². The quantitative estimate of drug-likeness (QED) is 0.0954. The molecule has 0 aliphatic heterocycles. The molecule has 0 spiro atoms. The molecule has 0 aliphatic carbocycles. The number of benzene rings is 6. The monoisotopic (exact) mass is 1010 g/mol. The summed E-state index contributed by atoms with van der Waals surface area (Å²) in [7, 11) is 13.8. The number of hydrogen-bond acceptors (Lipinski definition) is 0. The van der Waals surface area contributed by atoms with Crippen molar-refractivity contribution in [2.75, 3.05) is 0 Å². The summed E-state index contributed by atoms with van der Waals surface area (Å²) >= 11 is -1.60. The van der Waals surface area contributed by atoms with Crippen LogP contribution in [0.3, 0.4) is 0 Å². The van der Waals surface area contributed by atoms with Gasteiger partial charge in [0.05, 0.1) is 0 Å². The third kappa shape index (κ3) is 11.2. The molecule has 0 saturated carbocycles. The van der Waals surface area contributed by atoms with Crippen molar-refractivity contribution in [3.05, 3.63) is 154 Å². The van der Waals surface area contributed by atoms with E-state index in [0.29, 0.717) is 47.3 Å². The summed E-state index contributed by atoms with van der Waals surface area (Å²) in [6.45, 7) is 36.8. The maximum atomic E-state index is 6.89. The van der Waals surface area contributed by atoms with Gasteiger partial charge in [0.25, 0.3) is 0 Å². The molecule has 6 aromatic rings. The van der Waals surface area contributed by atoms with Crippen molar-refractivity contribution in [3.63, 3.8) is 0 Å². The number of rotatable bonds is 14. The third-order valence-corrected chi connectivity index (χ3v) is 17.9. The van der Waals surface area contributed by atoms with Crippen molar-refractivity contribution in [2.24, 2.45) is 0 Å². The Balaban J connectivity index is 0.000000241. The predicted molar refractivity (Wildman–Crippen MR) is 290 cm³/mol. The van der Waals surface area contributed by atoms with Crippen LogP contribution < -0.4 is 8.79 Å². The van der Waals surface area contributed by atoms with E-state index in [0.717, 1.165) is 0 Å². The van der Waals surface area contributed by atoms with E-state index in [-0.39, 0.29) is 0 Å². The van der Waals surface area contributed by atoms with Gasteiger partial charge in [0.1, 0.15) is 0 Å². The van der Waals surface area contributed by atoms with Gasteiger partial charge in [-0.25, -0.2) is 0 Å². The van der Waals surface area contributed by atoms with Crippen LogP contribution >= 0.6 is 20.0 Å². The van der Waals surface area contributed by atoms with Gasteiger partial charge in [-0.1, -0.05) is 0 Å². The molecule has 0 aromatic heterocycles. The SMILES string of the molecule is CC(C)c1cccc(C(C)C)c1-c1cccc(-c2c(C(C)C)cccc2C(C)C)[c]1[Ge][Cl].CC(C)c1cccc(C(C)C)c1-c1cccc(-c2c(C(C)C)cccc2C(C)C)[c]1[Ge][Cl]. The molecule has 0 unspecified atom stereocenters. The zero-order chi connectivity index (χ0) is 47.2. The van der Waals surface area contributed by atoms with Crippen LogP contribution in [0.4, 0.5) is 0 Å². The molecule has 336 valence electrons. The summed E-state index contributed by atoms with van der Waals surface area (Å²) in [4.78, 5) is 0. The van der Waals surface area contributed by atoms with Gasteiger partial charge in [-0.2, -0.15) is 0 Å². The first-order chi connectivity index (χ1) is 30.4. The average molecular weight is 1010 g/mol. The van der Waals surface area contributed by atoms with Crippen molar-refractivity contribution in [2.45, 2.75) is 158 Å². The first-order valence-corrected chi connectivity index (χ1v) is 31.5. The van der Waals surface area contributed by atoms with Crippen molar-refractivity contribution >= 4 is 57.8 Å². The predicted octanol–water partition coefficient (Wildman–Crippen LogP) is 18.0. The summed E-state index contributed by atoms with van der Waals surface area (Å²) < 4.78 is 2.75. The normalized spacial score (nSPS) is 11.9. The molecule has 4 radical (unpaired) electrons. The zero-order valence-electron chi connectivity index (χ0n) is 41.8. The molecular formula is C60H74Cl2Ge2. The molecule has 0 fully saturated rings. The maximum absolute atomic E-state index is 6.89. The van der Waals surface area contributed by atoms with Crippen LogP contribution in [0, 0.1) is 0 Å². The van der Waals surface area contributed by atoms with E-state index in [4.69, 9.17) is 20.0 Å². The number of hydrogen-bond donors (Lipinski definition) is 0. The van der Waals surface area contributed by atoms with Gasteiger partial charge < -0.3 is 0 Å². The molecule has 0 nitrogen and oxygen atoms in total. The second kappa shape index (κ2) is 23.1. The Morgan fingerprint density at radius 1 is 0.250 bits per heavy atom. The molecule has 6 rings (SSSR count). The fourth-order valence-electron chi connectivity index (χ4n) is 9.59. The molecule has 0 amide bonds. The standard InChI is InChI=1S/2C30H37ClGe/c2*1-18(2)22-12-9-13-23(19(3)4)28(22)26-16-11-17-27(30(26)32-31)29-24(20(5)6)14-10-15-25(29)21(7)8/h2*9-21H,1-8H3. The van der Waals surface area contributed by atoms with Crippen molar-refractivity contribution < 1.29 is 0 Å². The summed E-state index contributed by atoms with van der Waals surface area (Å²) in [5.74, 6) is 3.70. The molecular weight excluding hydrogens is 937 g/mol. The average Bonchev–Trinajstić information content (AvgIpc) is 3.27. The topological polar surface area (TPSA) is 0 Å². The summed E-state index contributed by atoms with van der Waals surface area (Å²) in [5.41, 5.74) is 22.4. The Morgan fingerprint density at radius 3 is 0.516 bits per heavy atom. The number of halogens is 2. The van der Waals surface area contributed by atoms with Crippen molar-refractivity contribution in [1.29, 1.82) is 0 Å². The van der Waals surface area contributed by atoms with E-state index in [9.17, 15) is 0 Å². The van der Waals surface area contributed by atoms with Crippen LogP contribution in [0.2, 0.25) is 0 Å². The summed E-state index contributed by atoms with van der Waals surface area (Å²) in [6.07, 6.45) is 0. The fraction of sp³-hybridized carbons (Fsp3) is 0.400. The molecule has 0 heterocycles. The second-order valence-electron chi connectivity index (χ2n) is 20.1. The van der Waals surface area contributed by atoms with E-state index in [1.807, 2.05) is 0 Å². The summed E-state index contributed by atoms with van der Waals surface area (Å²) in [5, 5.41) is 0. The van der Waals surface area contributed by atoms with Crippen LogP contribution in [-0.4, -0.2) is 29.0 Å². The molecule has 0 atom stereocenters. The van der Waals surface area contributed by atoms with Gasteiger partial charge in [-0.05, 0) is 0 Å². The molecule has 0 N–H and O–H groups in total. The van der Waals surface area contributed by atoms with Gasteiger partial charge in [-0.3, -0.25) is 0 Å².